The van der Waals surface area contributed by atoms with Crippen molar-refractivity contribution in [2.45, 2.75) is 13.0 Å². The number of fused-ring (bicyclic) bond motifs is 3. The molecular weight excluding hydrogens is 390 g/mol. The molecule has 4 heterocycles. The standard InChI is InChI=1S/C24H21N5O2/c30-24-19-4-3-16(11-21(19)31-8-7-26-24)22-20-10-18(13-27-23(20)29-28-22)14-1-2-17-12-25-6-5-15(17)9-14/h1-4,9-11,13,25H,5-8,12H2,(H,26,30)(H,27,28,29). The number of amides is 1. The molecule has 0 fully saturated rings. The van der Waals surface area contributed by atoms with Gasteiger partial charge in [0, 0.05) is 29.3 Å². The van der Waals surface area contributed by atoms with Crippen LogP contribution in [0.5, 0.6) is 5.75 Å². The molecule has 0 radical (unpaired) electrons. The summed E-state index contributed by atoms with van der Waals surface area (Å²) in [6.45, 7) is 2.89. The number of aromatic nitrogens is 3. The lowest BCUT2D eigenvalue weighted by atomic mass is 9.95. The minimum absolute atomic E-state index is 0.111. The summed E-state index contributed by atoms with van der Waals surface area (Å²) in [5.74, 6) is 0.475. The van der Waals surface area contributed by atoms with Crippen molar-refractivity contribution in [3.8, 4) is 28.1 Å². The normalized spacial score (nSPS) is 15.5. The van der Waals surface area contributed by atoms with E-state index in [0.717, 1.165) is 47.3 Å². The molecule has 2 aromatic heterocycles. The van der Waals surface area contributed by atoms with Crippen molar-refractivity contribution in [3.63, 3.8) is 0 Å². The van der Waals surface area contributed by atoms with Crippen LogP contribution in [0.15, 0.2) is 48.7 Å². The third-order valence-corrected chi connectivity index (χ3v) is 6.00. The molecule has 154 valence electrons. The quantitative estimate of drug-likeness (QED) is 0.472. The van der Waals surface area contributed by atoms with Crippen LogP contribution < -0.4 is 15.4 Å². The summed E-state index contributed by atoms with van der Waals surface area (Å²) in [5, 5.41) is 14.7. The minimum atomic E-state index is -0.111. The molecule has 0 spiro atoms. The second-order valence-electron chi connectivity index (χ2n) is 7.92. The van der Waals surface area contributed by atoms with Crippen LogP contribution in [-0.2, 0) is 13.0 Å². The molecule has 31 heavy (non-hydrogen) atoms. The van der Waals surface area contributed by atoms with E-state index in [1.807, 2.05) is 18.3 Å². The Hall–Kier alpha value is -3.71. The van der Waals surface area contributed by atoms with Gasteiger partial charge in [-0.1, -0.05) is 24.3 Å². The Labute approximate surface area is 178 Å². The maximum atomic E-state index is 12.2. The number of carbonyl (C=O) groups excluding carboxylic acids is 1. The van der Waals surface area contributed by atoms with E-state index >= 15 is 0 Å². The summed E-state index contributed by atoms with van der Waals surface area (Å²) < 4.78 is 5.78. The van der Waals surface area contributed by atoms with E-state index < -0.39 is 0 Å². The van der Waals surface area contributed by atoms with E-state index in [2.05, 4.69) is 50.1 Å². The second-order valence-corrected chi connectivity index (χ2v) is 7.92. The fourth-order valence-electron chi connectivity index (χ4n) is 4.34. The predicted octanol–water partition coefficient (Wildman–Crippen LogP) is 3.06. The Kier molecular flexibility index (Phi) is 4.21. The molecule has 7 heteroatoms. The highest BCUT2D eigenvalue weighted by molar-refractivity contribution is 5.99. The first kappa shape index (κ1) is 18.1. The van der Waals surface area contributed by atoms with Gasteiger partial charge >= 0.3 is 0 Å². The van der Waals surface area contributed by atoms with E-state index in [1.54, 1.807) is 6.07 Å². The van der Waals surface area contributed by atoms with Gasteiger partial charge in [-0.3, -0.25) is 9.89 Å². The maximum absolute atomic E-state index is 12.2. The number of nitrogens with one attached hydrogen (secondary N) is 3. The number of hydrogen-bond donors (Lipinski definition) is 3. The first-order valence-electron chi connectivity index (χ1n) is 10.5. The van der Waals surface area contributed by atoms with Crippen molar-refractivity contribution in [2.75, 3.05) is 19.7 Å². The molecule has 0 aliphatic carbocycles. The molecule has 7 nitrogen and oxygen atoms in total. The number of nitrogens with zero attached hydrogens (tertiary/aromatic N) is 2. The molecule has 0 saturated heterocycles. The number of hydrogen-bond acceptors (Lipinski definition) is 5. The lowest BCUT2D eigenvalue weighted by Crippen LogP contribution is -2.24. The van der Waals surface area contributed by atoms with Crippen LogP contribution in [0.3, 0.4) is 0 Å². The van der Waals surface area contributed by atoms with Crippen LogP contribution in [-0.4, -0.2) is 40.8 Å². The molecule has 3 N–H and O–H groups in total. The molecule has 0 atom stereocenters. The van der Waals surface area contributed by atoms with Crippen molar-refractivity contribution < 1.29 is 9.53 Å². The van der Waals surface area contributed by atoms with E-state index in [-0.39, 0.29) is 5.91 Å². The third kappa shape index (κ3) is 3.14. The monoisotopic (exact) mass is 411 g/mol. The van der Waals surface area contributed by atoms with E-state index in [0.29, 0.717) is 30.1 Å². The Morgan fingerprint density at radius 2 is 1.87 bits per heavy atom. The molecule has 0 bridgehead atoms. The number of pyridine rings is 1. The topological polar surface area (TPSA) is 91.9 Å². The first-order valence-corrected chi connectivity index (χ1v) is 10.5. The van der Waals surface area contributed by atoms with E-state index in [1.165, 1.54) is 11.1 Å². The highest BCUT2D eigenvalue weighted by atomic mass is 16.5. The number of H-pyrrole nitrogens is 1. The van der Waals surface area contributed by atoms with Gasteiger partial charge < -0.3 is 15.4 Å². The van der Waals surface area contributed by atoms with Crippen molar-refractivity contribution in [2.24, 2.45) is 0 Å². The summed E-state index contributed by atoms with van der Waals surface area (Å²) in [5.41, 5.74) is 7.95. The number of aromatic amines is 1. The van der Waals surface area contributed by atoms with Gasteiger partial charge in [0.2, 0.25) is 0 Å². The van der Waals surface area contributed by atoms with Crippen LogP contribution in [0.25, 0.3) is 33.4 Å². The molecule has 6 rings (SSSR count). The van der Waals surface area contributed by atoms with Crippen LogP contribution in [0, 0.1) is 0 Å². The van der Waals surface area contributed by atoms with Gasteiger partial charge in [0.05, 0.1) is 17.8 Å². The fourth-order valence-corrected chi connectivity index (χ4v) is 4.34. The number of ether oxygens (including phenoxy) is 1. The summed E-state index contributed by atoms with van der Waals surface area (Å²) in [7, 11) is 0. The summed E-state index contributed by atoms with van der Waals surface area (Å²) in [6, 6.07) is 14.4. The van der Waals surface area contributed by atoms with Crippen LogP contribution >= 0.6 is 0 Å². The molecule has 0 saturated carbocycles. The zero-order valence-corrected chi connectivity index (χ0v) is 16.9. The average molecular weight is 411 g/mol. The van der Waals surface area contributed by atoms with E-state index in [4.69, 9.17) is 4.74 Å². The molecule has 2 aliphatic rings. The smallest absolute Gasteiger partial charge is 0.255 e. The summed E-state index contributed by atoms with van der Waals surface area (Å²) in [4.78, 5) is 16.8. The van der Waals surface area contributed by atoms with Crippen molar-refractivity contribution in [3.05, 3.63) is 65.4 Å². The molecule has 0 unspecified atom stereocenters. The summed E-state index contributed by atoms with van der Waals surface area (Å²) >= 11 is 0. The average Bonchev–Trinajstić information content (AvgIpc) is 3.15. The Morgan fingerprint density at radius 1 is 0.935 bits per heavy atom. The minimum Gasteiger partial charge on any atom is -0.491 e. The van der Waals surface area contributed by atoms with Gasteiger partial charge in [0.15, 0.2) is 5.65 Å². The van der Waals surface area contributed by atoms with Crippen molar-refractivity contribution in [1.82, 2.24) is 25.8 Å². The second kappa shape index (κ2) is 7.21. The summed E-state index contributed by atoms with van der Waals surface area (Å²) in [6.07, 6.45) is 2.92. The van der Waals surface area contributed by atoms with Crippen LogP contribution in [0.4, 0.5) is 0 Å². The Balaban J connectivity index is 1.43. The SMILES string of the molecule is O=C1NCCOc2cc(-c3[nH]nc4ncc(-c5ccc6c(c5)CCNC6)cc34)ccc21. The molecule has 2 aliphatic heterocycles. The fraction of sp³-hybridized carbons (Fsp3) is 0.208. The highest BCUT2D eigenvalue weighted by Gasteiger charge is 2.19. The third-order valence-electron chi connectivity index (χ3n) is 6.00. The zero-order chi connectivity index (χ0) is 20.8. The van der Waals surface area contributed by atoms with Gasteiger partial charge in [-0.25, -0.2) is 4.98 Å². The zero-order valence-electron chi connectivity index (χ0n) is 16.9. The van der Waals surface area contributed by atoms with Gasteiger partial charge in [-0.15, -0.1) is 0 Å². The predicted molar refractivity (Wildman–Crippen MR) is 118 cm³/mol. The van der Waals surface area contributed by atoms with Crippen molar-refractivity contribution >= 4 is 16.9 Å². The van der Waals surface area contributed by atoms with Crippen molar-refractivity contribution in [1.29, 1.82) is 0 Å². The lowest BCUT2D eigenvalue weighted by molar-refractivity contribution is 0.0957. The number of carbonyl (C=O) groups is 1. The molecule has 1 amide bonds. The Bertz CT molecular complexity index is 1330. The van der Waals surface area contributed by atoms with Crippen LogP contribution in [0.2, 0.25) is 0 Å². The highest BCUT2D eigenvalue weighted by Crippen LogP contribution is 2.33. The number of rotatable bonds is 2. The number of benzene rings is 2. The lowest BCUT2D eigenvalue weighted by Gasteiger charge is -2.17. The molecule has 2 aromatic carbocycles. The van der Waals surface area contributed by atoms with Crippen LogP contribution in [0.1, 0.15) is 21.5 Å². The molecular formula is C24H21N5O2. The van der Waals surface area contributed by atoms with Gasteiger partial charge in [0.1, 0.15) is 12.4 Å². The van der Waals surface area contributed by atoms with Gasteiger partial charge in [-0.05, 0) is 47.9 Å². The first-order chi connectivity index (χ1) is 15.3. The van der Waals surface area contributed by atoms with E-state index in [9.17, 15) is 4.79 Å². The molecule has 4 aromatic rings. The maximum Gasteiger partial charge on any atom is 0.255 e. The Morgan fingerprint density at radius 3 is 2.84 bits per heavy atom. The largest absolute Gasteiger partial charge is 0.491 e. The van der Waals surface area contributed by atoms with Gasteiger partial charge in [0.25, 0.3) is 5.91 Å². The van der Waals surface area contributed by atoms with Gasteiger partial charge in [-0.2, -0.15) is 5.10 Å².